The number of halogens is 1. The number of ether oxygens (including phenoxy) is 1. The molecule has 0 spiro atoms. The highest BCUT2D eigenvalue weighted by Gasteiger charge is 2.21. The predicted octanol–water partition coefficient (Wildman–Crippen LogP) is 2.51. The van der Waals surface area contributed by atoms with Gasteiger partial charge in [-0.2, -0.15) is 0 Å². The molecule has 2 rings (SSSR count). The SMILES string of the molecule is CC(C)(C)c1cccc(OCCNC(=O)C2CCNC2)c1.Cl. The highest BCUT2D eigenvalue weighted by molar-refractivity contribution is 5.85. The molecule has 1 amide bonds. The van der Waals surface area contributed by atoms with Crippen molar-refractivity contribution in [1.29, 1.82) is 0 Å². The average molecular weight is 327 g/mol. The van der Waals surface area contributed by atoms with E-state index in [1.165, 1.54) is 5.56 Å². The first-order valence-electron chi connectivity index (χ1n) is 7.68. The van der Waals surface area contributed by atoms with Crippen LogP contribution in [0.3, 0.4) is 0 Å². The van der Waals surface area contributed by atoms with Crippen LogP contribution in [0.4, 0.5) is 0 Å². The Kier molecular flexibility index (Phi) is 7.17. The highest BCUT2D eigenvalue weighted by Crippen LogP contribution is 2.25. The van der Waals surface area contributed by atoms with Gasteiger partial charge in [0.2, 0.25) is 5.91 Å². The van der Waals surface area contributed by atoms with E-state index in [1.807, 2.05) is 12.1 Å². The number of hydrogen-bond acceptors (Lipinski definition) is 3. The predicted molar refractivity (Wildman–Crippen MR) is 91.9 cm³/mol. The zero-order valence-electron chi connectivity index (χ0n) is 13.6. The summed E-state index contributed by atoms with van der Waals surface area (Å²) in [5.74, 6) is 1.11. The van der Waals surface area contributed by atoms with Crippen molar-refractivity contribution in [2.24, 2.45) is 5.92 Å². The summed E-state index contributed by atoms with van der Waals surface area (Å²) in [7, 11) is 0. The third-order valence-electron chi connectivity index (χ3n) is 3.80. The Bertz CT molecular complexity index is 480. The van der Waals surface area contributed by atoms with Crippen molar-refractivity contribution in [3.63, 3.8) is 0 Å². The molecule has 4 nitrogen and oxygen atoms in total. The van der Waals surface area contributed by atoms with Gasteiger partial charge in [0.15, 0.2) is 0 Å². The van der Waals surface area contributed by atoms with E-state index >= 15 is 0 Å². The summed E-state index contributed by atoms with van der Waals surface area (Å²) in [6.45, 7) is 9.33. The fourth-order valence-electron chi connectivity index (χ4n) is 2.42. The van der Waals surface area contributed by atoms with Gasteiger partial charge in [-0.05, 0) is 36.1 Å². The lowest BCUT2D eigenvalue weighted by atomic mass is 9.87. The molecule has 0 radical (unpaired) electrons. The summed E-state index contributed by atoms with van der Waals surface area (Å²) in [6.07, 6.45) is 0.931. The molecular weight excluding hydrogens is 300 g/mol. The van der Waals surface area contributed by atoms with E-state index in [-0.39, 0.29) is 29.6 Å². The lowest BCUT2D eigenvalue weighted by molar-refractivity contribution is -0.124. The van der Waals surface area contributed by atoms with Gasteiger partial charge in [-0.15, -0.1) is 12.4 Å². The number of carbonyl (C=O) groups is 1. The van der Waals surface area contributed by atoms with Gasteiger partial charge in [0, 0.05) is 6.54 Å². The van der Waals surface area contributed by atoms with E-state index in [9.17, 15) is 4.79 Å². The molecule has 22 heavy (non-hydrogen) atoms. The third kappa shape index (κ3) is 5.50. The number of rotatable bonds is 5. The molecule has 1 unspecified atom stereocenters. The highest BCUT2D eigenvalue weighted by atomic mass is 35.5. The largest absolute Gasteiger partial charge is 0.492 e. The van der Waals surface area contributed by atoms with E-state index in [4.69, 9.17) is 4.74 Å². The Hall–Kier alpha value is -1.26. The Balaban J connectivity index is 0.00000242. The molecule has 1 atom stereocenters. The summed E-state index contributed by atoms with van der Waals surface area (Å²) in [5, 5.41) is 6.13. The van der Waals surface area contributed by atoms with Gasteiger partial charge < -0.3 is 15.4 Å². The minimum atomic E-state index is 0. The van der Waals surface area contributed by atoms with Crippen LogP contribution in [-0.4, -0.2) is 32.1 Å². The maximum absolute atomic E-state index is 11.8. The van der Waals surface area contributed by atoms with Crippen molar-refractivity contribution < 1.29 is 9.53 Å². The molecule has 0 bridgehead atoms. The molecule has 0 aromatic heterocycles. The van der Waals surface area contributed by atoms with Crippen LogP contribution in [0.5, 0.6) is 5.75 Å². The first-order valence-corrected chi connectivity index (χ1v) is 7.68. The number of nitrogens with one attached hydrogen (secondary N) is 2. The van der Waals surface area contributed by atoms with Crippen molar-refractivity contribution in [2.75, 3.05) is 26.2 Å². The third-order valence-corrected chi connectivity index (χ3v) is 3.80. The molecular formula is C17H27ClN2O2. The van der Waals surface area contributed by atoms with Gasteiger partial charge in [-0.25, -0.2) is 0 Å². The summed E-state index contributed by atoms with van der Waals surface area (Å²) in [6, 6.07) is 8.15. The van der Waals surface area contributed by atoms with Crippen LogP contribution >= 0.6 is 12.4 Å². The van der Waals surface area contributed by atoms with Crippen molar-refractivity contribution in [3.8, 4) is 5.75 Å². The number of benzene rings is 1. The van der Waals surface area contributed by atoms with E-state index in [0.717, 1.165) is 25.3 Å². The van der Waals surface area contributed by atoms with Crippen LogP contribution in [0.25, 0.3) is 0 Å². The zero-order chi connectivity index (χ0) is 15.3. The summed E-state index contributed by atoms with van der Waals surface area (Å²) in [4.78, 5) is 11.8. The zero-order valence-corrected chi connectivity index (χ0v) is 14.5. The van der Waals surface area contributed by atoms with Crippen molar-refractivity contribution in [2.45, 2.75) is 32.6 Å². The maximum atomic E-state index is 11.8. The second-order valence-corrected chi connectivity index (χ2v) is 6.61. The van der Waals surface area contributed by atoms with Crippen LogP contribution in [-0.2, 0) is 10.2 Å². The van der Waals surface area contributed by atoms with Crippen LogP contribution in [0.1, 0.15) is 32.8 Å². The Morgan fingerprint density at radius 2 is 2.18 bits per heavy atom. The molecule has 1 aliphatic heterocycles. The molecule has 1 aromatic rings. The summed E-state index contributed by atoms with van der Waals surface area (Å²) in [5.41, 5.74) is 1.37. The van der Waals surface area contributed by atoms with E-state index in [2.05, 4.69) is 43.5 Å². The van der Waals surface area contributed by atoms with Crippen LogP contribution < -0.4 is 15.4 Å². The fourth-order valence-corrected chi connectivity index (χ4v) is 2.42. The summed E-state index contributed by atoms with van der Waals surface area (Å²) < 4.78 is 5.72. The van der Waals surface area contributed by atoms with Crippen molar-refractivity contribution in [1.82, 2.24) is 10.6 Å². The van der Waals surface area contributed by atoms with Gasteiger partial charge in [0.05, 0.1) is 12.5 Å². The molecule has 0 aliphatic carbocycles. The van der Waals surface area contributed by atoms with Crippen LogP contribution in [0, 0.1) is 5.92 Å². The molecule has 5 heteroatoms. The Labute approximate surface area is 139 Å². The molecule has 1 saturated heterocycles. The number of amides is 1. The molecule has 1 aromatic carbocycles. The van der Waals surface area contributed by atoms with E-state index in [0.29, 0.717) is 13.2 Å². The normalized spacial score (nSPS) is 17.7. The first kappa shape index (κ1) is 18.8. The second-order valence-electron chi connectivity index (χ2n) is 6.61. The van der Waals surface area contributed by atoms with E-state index in [1.54, 1.807) is 0 Å². The van der Waals surface area contributed by atoms with Gasteiger partial charge in [-0.3, -0.25) is 4.79 Å². The molecule has 1 heterocycles. The topological polar surface area (TPSA) is 50.4 Å². The number of hydrogen-bond donors (Lipinski definition) is 2. The smallest absolute Gasteiger partial charge is 0.224 e. The van der Waals surface area contributed by atoms with Crippen molar-refractivity contribution >= 4 is 18.3 Å². The van der Waals surface area contributed by atoms with Crippen molar-refractivity contribution in [3.05, 3.63) is 29.8 Å². The van der Waals surface area contributed by atoms with Gasteiger partial charge >= 0.3 is 0 Å². The van der Waals surface area contributed by atoms with Gasteiger partial charge in [0.25, 0.3) is 0 Å². The Morgan fingerprint density at radius 1 is 1.41 bits per heavy atom. The standard InChI is InChI=1S/C17H26N2O2.ClH/c1-17(2,3)14-5-4-6-15(11-14)21-10-9-19-16(20)13-7-8-18-12-13;/h4-6,11,13,18H,7-10,12H2,1-3H3,(H,19,20);1H. The van der Waals surface area contributed by atoms with Gasteiger partial charge in [-0.1, -0.05) is 32.9 Å². The van der Waals surface area contributed by atoms with Crippen LogP contribution in [0.2, 0.25) is 0 Å². The van der Waals surface area contributed by atoms with Gasteiger partial charge in [0.1, 0.15) is 12.4 Å². The van der Waals surface area contributed by atoms with E-state index < -0.39 is 0 Å². The maximum Gasteiger partial charge on any atom is 0.224 e. The molecule has 1 aliphatic rings. The fraction of sp³-hybridized carbons (Fsp3) is 0.588. The molecule has 1 fully saturated rings. The lowest BCUT2D eigenvalue weighted by Gasteiger charge is -2.19. The minimum Gasteiger partial charge on any atom is -0.492 e. The second kappa shape index (κ2) is 8.39. The average Bonchev–Trinajstić information content (AvgIpc) is 2.97. The minimum absolute atomic E-state index is 0. The molecule has 2 N–H and O–H groups in total. The molecule has 124 valence electrons. The molecule has 0 saturated carbocycles. The quantitative estimate of drug-likeness (QED) is 0.817. The monoisotopic (exact) mass is 326 g/mol. The Morgan fingerprint density at radius 3 is 2.82 bits per heavy atom. The summed E-state index contributed by atoms with van der Waals surface area (Å²) >= 11 is 0. The van der Waals surface area contributed by atoms with Crippen LogP contribution in [0.15, 0.2) is 24.3 Å². The first-order chi connectivity index (χ1) is 9.97. The lowest BCUT2D eigenvalue weighted by Crippen LogP contribution is -2.34. The number of carbonyl (C=O) groups excluding carboxylic acids is 1.